The van der Waals surface area contributed by atoms with Crippen LogP contribution in [-0.4, -0.2) is 27.2 Å². The molecule has 1 aliphatic carbocycles. The standard InChI is InChI=1S/C18H18N4O2/c1-12(24-22-17-8-3-2-7-16(17)20-21-22)18(23)19-15-10-9-13-5-4-6-14(13)11-15/h2-3,7-12H,4-6H2,1H3,(H,19,23)/t12-/m0/s1. The van der Waals surface area contributed by atoms with E-state index in [1.807, 2.05) is 30.3 Å². The van der Waals surface area contributed by atoms with Gasteiger partial charge in [-0.15, -0.1) is 5.10 Å². The molecule has 6 nitrogen and oxygen atoms in total. The first kappa shape index (κ1) is 14.7. The number of aromatic nitrogens is 3. The minimum Gasteiger partial charge on any atom is -0.382 e. The second-order valence-corrected chi connectivity index (χ2v) is 6.03. The zero-order valence-electron chi connectivity index (χ0n) is 13.4. The summed E-state index contributed by atoms with van der Waals surface area (Å²) in [4.78, 5) is 19.3. The van der Waals surface area contributed by atoms with E-state index in [4.69, 9.17) is 4.84 Å². The van der Waals surface area contributed by atoms with Gasteiger partial charge in [-0.05, 0) is 66.8 Å². The van der Waals surface area contributed by atoms with Gasteiger partial charge in [0.05, 0.1) is 0 Å². The smallest absolute Gasteiger partial charge is 0.267 e. The van der Waals surface area contributed by atoms with Gasteiger partial charge in [0.15, 0.2) is 0 Å². The van der Waals surface area contributed by atoms with Gasteiger partial charge in [-0.1, -0.05) is 23.0 Å². The average Bonchev–Trinajstić information content (AvgIpc) is 3.21. The molecule has 0 aliphatic heterocycles. The molecule has 0 radical (unpaired) electrons. The van der Waals surface area contributed by atoms with Crippen LogP contribution >= 0.6 is 0 Å². The third-order valence-corrected chi connectivity index (χ3v) is 4.31. The summed E-state index contributed by atoms with van der Waals surface area (Å²) >= 11 is 0. The lowest BCUT2D eigenvalue weighted by Gasteiger charge is -2.14. The Morgan fingerprint density at radius 2 is 2.04 bits per heavy atom. The summed E-state index contributed by atoms with van der Waals surface area (Å²) in [7, 11) is 0. The van der Waals surface area contributed by atoms with Gasteiger partial charge in [-0.3, -0.25) is 4.79 Å². The Labute approximate surface area is 139 Å². The van der Waals surface area contributed by atoms with Crippen LogP contribution in [0.5, 0.6) is 0 Å². The first-order valence-electron chi connectivity index (χ1n) is 8.11. The molecule has 6 heteroatoms. The van der Waals surface area contributed by atoms with Crippen LogP contribution in [0.3, 0.4) is 0 Å². The molecule has 3 aromatic rings. The van der Waals surface area contributed by atoms with Crippen molar-refractivity contribution in [1.29, 1.82) is 0 Å². The number of rotatable bonds is 4. The molecule has 1 heterocycles. The molecule has 0 fully saturated rings. The van der Waals surface area contributed by atoms with Crippen LogP contribution < -0.4 is 10.2 Å². The lowest BCUT2D eigenvalue weighted by Crippen LogP contribution is -2.35. The number of hydrogen-bond acceptors (Lipinski definition) is 4. The monoisotopic (exact) mass is 322 g/mol. The number of benzene rings is 2. The topological polar surface area (TPSA) is 69.0 Å². The van der Waals surface area contributed by atoms with Gasteiger partial charge in [-0.2, -0.15) is 0 Å². The van der Waals surface area contributed by atoms with Crippen LogP contribution in [0, 0.1) is 0 Å². The van der Waals surface area contributed by atoms with Gasteiger partial charge < -0.3 is 10.2 Å². The summed E-state index contributed by atoms with van der Waals surface area (Å²) in [5.41, 5.74) is 4.97. The number of amides is 1. The van der Waals surface area contributed by atoms with E-state index in [-0.39, 0.29) is 5.91 Å². The molecule has 1 N–H and O–H groups in total. The van der Waals surface area contributed by atoms with Crippen LogP contribution in [0.4, 0.5) is 5.69 Å². The summed E-state index contributed by atoms with van der Waals surface area (Å²) in [6, 6.07) is 13.5. The first-order chi connectivity index (χ1) is 11.7. The average molecular weight is 322 g/mol. The number of aryl methyl sites for hydroxylation is 2. The molecule has 1 aromatic heterocycles. The second kappa shape index (κ2) is 5.96. The van der Waals surface area contributed by atoms with Crippen molar-refractivity contribution in [3.8, 4) is 0 Å². The van der Waals surface area contributed by atoms with E-state index >= 15 is 0 Å². The van der Waals surface area contributed by atoms with E-state index in [1.165, 1.54) is 22.4 Å². The highest BCUT2D eigenvalue weighted by Gasteiger charge is 2.18. The number of hydrogen-bond donors (Lipinski definition) is 1. The highest BCUT2D eigenvalue weighted by molar-refractivity contribution is 5.94. The number of carbonyl (C=O) groups excluding carboxylic acids is 1. The van der Waals surface area contributed by atoms with E-state index in [2.05, 4.69) is 27.8 Å². The van der Waals surface area contributed by atoms with Crippen molar-refractivity contribution in [2.75, 3.05) is 5.32 Å². The second-order valence-electron chi connectivity index (χ2n) is 6.03. The summed E-state index contributed by atoms with van der Waals surface area (Å²) < 4.78 is 0. The maximum Gasteiger partial charge on any atom is 0.267 e. The van der Waals surface area contributed by atoms with Crippen LogP contribution in [0.2, 0.25) is 0 Å². The predicted molar refractivity (Wildman–Crippen MR) is 90.7 cm³/mol. The van der Waals surface area contributed by atoms with Crippen molar-refractivity contribution in [2.24, 2.45) is 0 Å². The van der Waals surface area contributed by atoms with E-state index in [9.17, 15) is 4.79 Å². The highest BCUT2D eigenvalue weighted by atomic mass is 16.7. The number of para-hydroxylation sites is 1. The van der Waals surface area contributed by atoms with E-state index in [0.717, 1.165) is 29.6 Å². The van der Waals surface area contributed by atoms with E-state index in [0.29, 0.717) is 0 Å². The van der Waals surface area contributed by atoms with Crippen LogP contribution in [0.1, 0.15) is 24.5 Å². The van der Waals surface area contributed by atoms with Crippen molar-refractivity contribution in [2.45, 2.75) is 32.3 Å². The van der Waals surface area contributed by atoms with Gasteiger partial charge in [0.2, 0.25) is 6.10 Å². The Morgan fingerprint density at radius 1 is 1.21 bits per heavy atom. The molecule has 1 amide bonds. The Morgan fingerprint density at radius 3 is 2.96 bits per heavy atom. The molecule has 0 saturated heterocycles. The van der Waals surface area contributed by atoms with Crippen molar-refractivity contribution >= 4 is 22.6 Å². The number of fused-ring (bicyclic) bond motifs is 2. The first-order valence-corrected chi connectivity index (χ1v) is 8.11. The third-order valence-electron chi connectivity index (χ3n) is 4.31. The van der Waals surface area contributed by atoms with E-state index < -0.39 is 6.10 Å². The molecular weight excluding hydrogens is 304 g/mol. The molecule has 24 heavy (non-hydrogen) atoms. The minimum absolute atomic E-state index is 0.215. The number of anilines is 1. The molecule has 1 atom stereocenters. The van der Waals surface area contributed by atoms with Crippen molar-refractivity contribution in [3.63, 3.8) is 0 Å². The number of carbonyl (C=O) groups is 1. The Hall–Kier alpha value is -2.89. The summed E-state index contributed by atoms with van der Waals surface area (Å²) in [5.74, 6) is -0.215. The molecule has 0 unspecified atom stereocenters. The van der Waals surface area contributed by atoms with Gasteiger partial charge >= 0.3 is 0 Å². The maximum atomic E-state index is 12.4. The molecule has 0 saturated carbocycles. The zero-order chi connectivity index (χ0) is 16.5. The number of nitrogens with zero attached hydrogens (tertiary/aromatic N) is 3. The largest absolute Gasteiger partial charge is 0.382 e. The van der Waals surface area contributed by atoms with Crippen LogP contribution in [0.15, 0.2) is 42.5 Å². The predicted octanol–water partition coefficient (Wildman–Crippen LogP) is 2.38. The van der Waals surface area contributed by atoms with Gasteiger partial charge in [0, 0.05) is 5.69 Å². The summed E-state index contributed by atoms with van der Waals surface area (Å²) in [6.45, 7) is 1.69. The molecule has 0 bridgehead atoms. The molecule has 0 spiro atoms. The molecular formula is C18H18N4O2. The lowest BCUT2D eigenvalue weighted by atomic mass is 10.1. The highest BCUT2D eigenvalue weighted by Crippen LogP contribution is 2.25. The summed E-state index contributed by atoms with van der Waals surface area (Å²) in [6.07, 6.45) is 2.70. The van der Waals surface area contributed by atoms with Crippen molar-refractivity contribution in [3.05, 3.63) is 53.6 Å². The molecule has 1 aliphatic rings. The Bertz CT molecular complexity index is 903. The van der Waals surface area contributed by atoms with Gasteiger partial charge in [-0.25, -0.2) is 0 Å². The van der Waals surface area contributed by atoms with Crippen LogP contribution in [-0.2, 0) is 17.6 Å². The SMILES string of the molecule is C[C@H](On1nnc2ccccc21)C(=O)Nc1ccc2c(c1)CCC2. The Balaban J connectivity index is 1.46. The fourth-order valence-electron chi connectivity index (χ4n) is 3.02. The van der Waals surface area contributed by atoms with E-state index in [1.54, 1.807) is 6.92 Å². The van der Waals surface area contributed by atoms with Crippen LogP contribution in [0.25, 0.3) is 11.0 Å². The Kier molecular flexibility index (Phi) is 3.65. The van der Waals surface area contributed by atoms with Gasteiger partial charge in [0.1, 0.15) is 11.0 Å². The van der Waals surface area contributed by atoms with Crippen molar-refractivity contribution < 1.29 is 9.63 Å². The molecule has 4 rings (SSSR count). The maximum absolute atomic E-state index is 12.4. The fourth-order valence-corrected chi connectivity index (χ4v) is 3.02. The van der Waals surface area contributed by atoms with Crippen molar-refractivity contribution in [1.82, 2.24) is 15.2 Å². The normalized spacial score (nSPS) is 14.4. The lowest BCUT2D eigenvalue weighted by molar-refractivity contribution is -0.127. The fraction of sp³-hybridized carbons (Fsp3) is 0.278. The zero-order valence-corrected chi connectivity index (χ0v) is 13.4. The minimum atomic E-state index is -0.691. The number of nitrogens with one attached hydrogen (secondary N) is 1. The quantitative estimate of drug-likeness (QED) is 0.801. The molecule has 122 valence electrons. The van der Waals surface area contributed by atoms with Gasteiger partial charge in [0.25, 0.3) is 5.91 Å². The summed E-state index contributed by atoms with van der Waals surface area (Å²) in [5, 5.41) is 10.9. The third kappa shape index (κ3) is 2.71. The molecule has 2 aromatic carbocycles.